The molecule has 1 aromatic heterocycles. The van der Waals surface area contributed by atoms with E-state index in [9.17, 15) is 4.79 Å². The lowest BCUT2D eigenvalue weighted by atomic mass is 10.3. The molecule has 0 radical (unpaired) electrons. The minimum atomic E-state index is -0.256. The average molecular weight is 321 g/mol. The maximum atomic E-state index is 11.8. The maximum absolute atomic E-state index is 11.8. The van der Waals surface area contributed by atoms with Crippen LogP contribution in [0.5, 0.6) is 11.5 Å². The van der Waals surface area contributed by atoms with Gasteiger partial charge in [-0.05, 0) is 30.7 Å². The number of hydrogen-bond donors (Lipinski definition) is 1. The van der Waals surface area contributed by atoms with Gasteiger partial charge in [0.1, 0.15) is 16.5 Å². The number of hydrogen-bond acceptors (Lipinski definition) is 6. The van der Waals surface area contributed by atoms with Gasteiger partial charge in [-0.1, -0.05) is 24.7 Å². The number of nitrogens with zero attached hydrogens (tertiary/aromatic N) is 2. The lowest BCUT2D eigenvalue weighted by Gasteiger charge is -2.06. The molecule has 0 saturated carbocycles. The molecular weight excluding hydrogens is 302 g/mol. The molecule has 2 rings (SSSR count). The van der Waals surface area contributed by atoms with Gasteiger partial charge in [0.15, 0.2) is 6.61 Å². The Morgan fingerprint density at radius 3 is 2.64 bits per heavy atom. The molecule has 0 saturated heterocycles. The molecule has 1 aromatic carbocycles. The van der Waals surface area contributed by atoms with Gasteiger partial charge < -0.3 is 9.47 Å². The number of methoxy groups -OCH3 is 1. The molecule has 0 unspecified atom stereocenters. The summed E-state index contributed by atoms with van der Waals surface area (Å²) in [5.74, 6) is 1.09. The highest BCUT2D eigenvalue weighted by Gasteiger charge is 2.08. The lowest BCUT2D eigenvalue weighted by molar-refractivity contribution is -0.118. The zero-order valence-corrected chi connectivity index (χ0v) is 13.5. The average Bonchev–Trinajstić information content (AvgIpc) is 2.98. The van der Waals surface area contributed by atoms with Crippen molar-refractivity contribution in [3.05, 3.63) is 29.3 Å². The molecule has 6 nitrogen and oxygen atoms in total. The van der Waals surface area contributed by atoms with E-state index in [1.165, 1.54) is 11.3 Å². The highest BCUT2D eigenvalue weighted by Crippen LogP contribution is 2.18. The summed E-state index contributed by atoms with van der Waals surface area (Å²) in [6.07, 6.45) is 3.08. The van der Waals surface area contributed by atoms with Gasteiger partial charge in [-0.15, -0.1) is 10.2 Å². The van der Waals surface area contributed by atoms with Crippen molar-refractivity contribution in [1.29, 1.82) is 0 Å². The molecular formula is C15H19N3O3S. The highest BCUT2D eigenvalue weighted by atomic mass is 32.1. The molecule has 0 aliphatic rings. The molecule has 0 aliphatic carbocycles. The number of nitrogens with one attached hydrogen (secondary N) is 1. The Morgan fingerprint density at radius 1 is 1.23 bits per heavy atom. The SMILES string of the molecule is CCCCc1nnc(NC(=O)COc2ccc(OC)cc2)s1. The minimum Gasteiger partial charge on any atom is -0.497 e. The van der Waals surface area contributed by atoms with Gasteiger partial charge in [0.2, 0.25) is 5.13 Å². The zero-order valence-electron chi connectivity index (χ0n) is 12.7. The van der Waals surface area contributed by atoms with E-state index in [4.69, 9.17) is 9.47 Å². The largest absolute Gasteiger partial charge is 0.497 e. The van der Waals surface area contributed by atoms with Crippen LogP contribution in [0.4, 0.5) is 5.13 Å². The summed E-state index contributed by atoms with van der Waals surface area (Å²) >= 11 is 1.40. The van der Waals surface area contributed by atoms with Gasteiger partial charge in [0.25, 0.3) is 5.91 Å². The van der Waals surface area contributed by atoms with Gasteiger partial charge in [-0.2, -0.15) is 0 Å². The van der Waals surface area contributed by atoms with E-state index in [-0.39, 0.29) is 12.5 Å². The number of amides is 1. The normalized spacial score (nSPS) is 10.3. The smallest absolute Gasteiger partial charge is 0.264 e. The van der Waals surface area contributed by atoms with Crippen molar-refractivity contribution in [1.82, 2.24) is 10.2 Å². The number of ether oxygens (including phenoxy) is 2. The number of aryl methyl sites for hydroxylation is 1. The Bertz CT molecular complexity index is 598. The van der Waals surface area contributed by atoms with Crippen LogP contribution >= 0.6 is 11.3 Å². The fourth-order valence-electron chi connectivity index (χ4n) is 1.71. The second kappa shape index (κ2) is 8.33. The molecule has 118 valence electrons. The molecule has 1 amide bonds. The van der Waals surface area contributed by atoms with E-state index < -0.39 is 0 Å². The molecule has 0 atom stereocenters. The molecule has 1 heterocycles. The van der Waals surface area contributed by atoms with E-state index >= 15 is 0 Å². The van der Waals surface area contributed by atoms with Gasteiger partial charge in [0, 0.05) is 6.42 Å². The topological polar surface area (TPSA) is 73.3 Å². The number of benzene rings is 1. The number of carbonyl (C=O) groups excluding carboxylic acids is 1. The summed E-state index contributed by atoms with van der Waals surface area (Å²) < 4.78 is 10.5. The Kier molecular flexibility index (Phi) is 6.14. The molecule has 0 spiro atoms. The third-order valence-electron chi connectivity index (χ3n) is 2.89. The van der Waals surface area contributed by atoms with Crippen LogP contribution in [-0.4, -0.2) is 29.8 Å². The minimum absolute atomic E-state index is 0.0732. The molecule has 2 aromatic rings. The summed E-state index contributed by atoms with van der Waals surface area (Å²) in [4.78, 5) is 11.8. The first-order chi connectivity index (χ1) is 10.7. The third-order valence-corrected chi connectivity index (χ3v) is 3.79. The van der Waals surface area contributed by atoms with Crippen LogP contribution in [0.2, 0.25) is 0 Å². The van der Waals surface area contributed by atoms with E-state index in [1.807, 2.05) is 0 Å². The fourth-order valence-corrected chi connectivity index (χ4v) is 2.51. The maximum Gasteiger partial charge on any atom is 0.264 e. The predicted molar refractivity (Wildman–Crippen MR) is 85.6 cm³/mol. The first-order valence-corrected chi connectivity index (χ1v) is 7.92. The van der Waals surface area contributed by atoms with Crippen LogP contribution in [0.25, 0.3) is 0 Å². The Morgan fingerprint density at radius 2 is 1.95 bits per heavy atom. The van der Waals surface area contributed by atoms with Crippen LogP contribution in [0.15, 0.2) is 24.3 Å². The van der Waals surface area contributed by atoms with Gasteiger partial charge in [-0.3, -0.25) is 10.1 Å². The van der Waals surface area contributed by atoms with Gasteiger partial charge >= 0.3 is 0 Å². The molecule has 1 N–H and O–H groups in total. The molecule has 0 aliphatic heterocycles. The lowest BCUT2D eigenvalue weighted by Crippen LogP contribution is -2.20. The van der Waals surface area contributed by atoms with Crippen LogP contribution in [0, 0.1) is 0 Å². The predicted octanol–water partition coefficient (Wildman–Crippen LogP) is 2.91. The summed E-state index contributed by atoms with van der Waals surface area (Å²) in [5, 5.41) is 12.1. The van der Waals surface area contributed by atoms with E-state index in [0.717, 1.165) is 30.0 Å². The highest BCUT2D eigenvalue weighted by molar-refractivity contribution is 7.15. The Labute approximate surface area is 133 Å². The first kappa shape index (κ1) is 16.2. The fraction of sp³-hybridized carbons (Fsp3) is 0.400. The monoisotopic (exact) mass is 321 g/mol. The molecule has 0 bridgehead atoms. The summed E-state index contributed by atoms with van der Waals surface area (Å²) in [7, 11) is 1.60. The Balaban J connectivity index is 1.78. The number of rotatable bonds is 8. The molecule has 0 fully saturated rings. The van der Waals surface area contributed by atoms with Gasteiger partial charge in [-0.25, -0.2) is 0 Å². The van der Waals surface area contributed by atoms with Crippen molar-refractivity contribution < 1.29 is 14.3 Å². The number of unbranched alkanes of at least 4 members (excludes halogenated alkanes) is 1. The van der Waals surface area contributed by atoms with Crippen molar-refractivity contribution in [2.45, 2.75) is 26.2 Å². The van der Waals surface area contributed by atoms with Crippen LogP contribution < -0.4 is 14.8 Å². The second-order valence-electron chi connectivity index (χ2n) is 4.62. The quantitative estimate of drug-likeness (QED) is 0.809. The summed E-state index contributed by atoms with van der Waals surface area (Å²) in [6.45, 7) is 2.05. The van der Waals surface area contributed by atoms with Crippen LogP contribution in [-0.2, 0) is 11.2 Å². The van der Waals surface area contributed by atoms with Crippen molar-refractivity contribution in [2.24, 2.45) is 0 Å². The Hall–Kier alpha value is -2.15. The summed E-state index contributed by atoms with van der Waals surface area (Å²) in [5.41, 5.74) is 0. The van der Waals surface area contributed by atoms with Crippen molar-refractivity contribution in [3.8, 4) is 11.5 Å². The molecule has 22 heavy (non-hydrogen) atoms. The zero-order chi connectivity index (χ0) is 15.8. The van der Waals surface area contributed by atoms with E-state index in [0.29, 0.717) is 10.9 Å². The standard InChI is InChI=1S/C15H19N3O3S/c1-3-4-5-14-17-18-15(22-14)16-13(19)10-21-12-8-6-11(20-2)7-9-12/h6-9H,3-5,10H2,1-2H3,(H,16,18,19). The number of carbonyl (C=O) groups is 1. The van der Waals surface area contributed by atoms with Crippen LogP contribution in [0.1, 0.15) is 24.8 Å². The second-order valence-corrected chi connectivity index (χ2v) is 5.68. The summed E-state index contributed by atoms with van der Waals surface area (Å²) in [6, 6.07) is 7.05. The van der Waals surface area contributed by atoms with E-state index in [1.54, 1.807) is 31.4 Å². The van der Waals surface area contributed by atoms with E-state index in [2.05, 4.69) is 22.4 Å². The number of aromatic nitrogens is 2. The van der Waals surface area contributed by atoms with Crippen molar-refractivity contribution >= 4 is 22.4 Å². The number of anilines is 1. The van der Waals surface area contributed by atoms with Crippen molar-refractivity contribution in [2.75, 3.05) is 19.0 Å². The first-order valence-electron chi connectivity index (χ1n) is 7.10. The third kappa shape index (κ3) is 5.00. The van der Waals surface area contributed by atoms with Crippen LogP contribution in [0.3, 0.4) is 0 Å². The van der Waals surface area contributed by atoms with Gasteiger partial charge in [0.05, 0.1) is 7.11 Å². The molecule has 7 heteroatoms. The van der Waals surface area contributed by atoms with Crippen molar-refractivity contribution in [3.63, 3.8) is 0 Å².